The maximum atomic E-state index is 10.6. The summed E-state index contributed by atoms with van der Waals surface area (Å²) in [5.41, 5.74) is 2.43. The molecule has 2 rings (SSSR count). The topological polar surface area (TPSA) is 60.1 Å². The molecule has 1 heterocycles. The van der Waals surface area contributed by atoms with Crippen LogP contribution in [0.3, 0.4) is 0 Å². The Labute approximate surface area is 124 Å². The maximum Gasteiger partial charge on any atom is 0.269 e. The molecule has 1 unspecified atom stereocenters. The molecule has 2 aromatic rings. The molecule has 5 heteroatoms. The summed E-state index contributed by atoms with van der Waals surface area (Å²) in [4.78, 5) is 10.3. The fourth-order valence-electron chi connectivity index (χ4n) is 2.56. The van der Waals surface area contributed by atoms with Crippen LogP contribution in [0.2, 0.25) is 0 Å². The third kappa shape index (κ3) is 3.70. The monoisotopic (exact) mass is 287 g/mol. The lowest BCUT2D eigenvalue weighted by Gasteiger charge is -2.18. The molecule has 0 fully saturated rings. The number of non-ortho nitro benzene ring substituents is 1. The SMILES string of the molecule is CNC(c1ccn(Cc2ccc([N+](=O)[O-])cc2)c1)C(C)C. The van der Waals surface area contributed by atoms with Crippen molar-refractivity contribution in [1.29, 1.82) is 0 Å². The highest BCUT2D eigenvalue weighted by atomic mass is 16.6. The van der Waals surface area contributed by atoms with Crippen LogP contribution >= 0.6 is 0 Å². The minimum absolute atomic E-state index is 0.127. The molecule has 112 valence electrons. The maximum absolute atomic E-state index is 10.6. The fourth-order valence-corrected chi connectivity index (χ4v) is 2.56. The molecule has 0 saturated carbocycles. The number of nitrogens with one attached hydrogen (secondary N) is 1. The summed E-state index contributed by atoms with van der Waals surface area (Å²) in [6.07, 6.45) is 4.17. The lowest BCUT2D eigenvalue weighted by molar-refractivity contribution is -0.384. The zero-order valence-electron chi connectivity index (χ0n) is 12.6. The molecule has 1 atom stereocenters. The molecule has 5 nitrogen and oxygen atoms in total. The predicted molar refractivity (Wildman–Crippen MR) is 83.3 cm³/mol. The van der Waals surface area contributed by atoms with Crippen LogP contribution in [0.1, 0.15) is 31.0 Å². The Morgan fingerprint density at radius 2 is 1.90 bits per heavy atom. The molecule has 1 aromatic carbocycles. The molecule has 0 amide bonds. The molecule has 0 saturated heterocycles. The van der Waals surface area contributed by atoms with Gasteiger partial charge in [-0.3, -0.25) is 10.1 Å². The lowest BCUT2D eigenvalue weighted by Crippen LogP contribution is -2.21. The molecule has 0 bridgehead atoms. The summed E-state index contributed by atoms with van der Waals surface area (Å²) >= 11 is 0. The first-order valence-corrected chi connectivity index (χ1v) is 7.07. The third-order valence-electron chi connectivity index (χ3n) is 3.62. The van der Waals surface area contributed by atoms with Crippen molar-refractivity contribution in [1.82, 2.24) is 9.88 Å². The van der Waals surface area contributed by atoms with Gasteiger partial charge in [-0.25, -0.2) is 0 Å². The van der Waals surface area contributed by atoms with Crippen molar-refractivity contribution in [3.05, 3.63) is 64.0 Å². The van der Waals surface area contributed by atoms with E-state index >= 15 is 0 Å². The van der Waals surface area contributed by atoms with E-state index in [2.05, 4.69) is 36.0 Å². The Morgan fingerprint density at radius 1 is 1.24 bits per heavy atom. The quantitative estimate of drug-likeness (QED) is 0.654. The first-order chi connectivity index (χ1) is 10.0. The van der Waals surface area contributed by atoms with Crippen LogP contribution in [0, 0.1) is 16.0 Å². The van der Waals surface area contributed by atoms with Crippen LogP contribution in [0.15, 0.2) is 42.7 Å². The average molecular weight is 287 g/mol. The van der Waals surface area contributed by atoms with Crippen LogP contribution in [0.25, 0.3) is 0 Å². The Balaban J connectivity index is 2.10. The number of aromatic nitrogens is 1. The first kappa shape index (κ1) is 15.3. The molecule has 1 N–H and O–H groups in total. The van der Waals surface area contributed by atoms with Gasteiger partial charge in [0.1, 0.15) is 0 Å². The van der Waals surface area contributed by atoms with Gasteiger partial charge in [-0.2, -0.15) is 0 Å². The van der Waals surface area contributed by atoms with Crippen LogP contribution in [0.5, 0.6) is 0 Å². The largest absolute Gasteiger partial charge is 0.350 e. The molecule has 1 aromatic heterocycles. The average Bonchev–Trinajstić information content (AvgIpc) is 2.88. The highest BCUT2D eigenvalue weighted by Gasteiger charge is 2.14. The molecule has 0 radical (unpaired) electrons. The standard InChI is InChI=1S/C16H21N3O2/c1-12(2)16(17-3)14-8-9-18(11-14)10-13-4-6-15(7-5-13)19(20)21/h4-9,11-12,16-17H,10H2,1-3H3. The summed E-state index contributed by atoms with van der Waals surface area (Å²) in [5, 5.41) is 14.0. The smallest absolute Gasteiger partial charge is 0.269 e. The van der Waals surface area contributed by atoms with E-state index in [1.165, 1.54) is 5.56 Å². The van der Waals surface area contributed by atoms with Crippen LogP contribution in [-0.4, -0.2) is 16.5 Å². The molecule has 0 aliphatic rings. The number of rotatable bonds is 6. The Kier molecular flexibility index (Phi) is 4.75. The number of nitro benzene ring substituents is 1. The van der Waals surface area contributed by atoms with Crippen molar-refractivity contribution in [2.24, 2.45) is 5.92 Å². The van der Waals surface area contributed by atoms with Gasteiger partial charge in [0, 0.05) is 37.1 Å². The van der Waals surface area contributed by atoms with Gasteiger partial charge in [-0.05, 0) is 30.2 Å². The zero-order chi connectivity index (χ0) is 15.4. The lowest BCUT2D eigenvalue weighted by atomic mass is 9.99. The van der Waals surface area contributed by atoms with E-state index in [0.717, 1.165) is 5.56 Å². The van der Waals surface area contributed by atoms with E-state index < -0.39 is 0 Å². The Bertz CT molecular complexity index is 602. The van der Waals surface area contributed by atoms with Crippen molar-refractivity contribution < 1.29 is 4.92 Å². The molecular weight excluding hydrogens is 266 g/mol. The molecular formula is C16H21N3O2. The van der Waals surface area contributed by atoms with Gasteiger partial charge >= 0.3 is 0 Å². The third-order valence-corrected chi connectivity index (χ3v) is 3.62. The van der Waals surface area contributed by atoms with Crippen molar-refractivity contribution in [2.45, 2.75) is 26.4 Å². The second-order valence-corrected chi connectivity index (χ2v) is 5.55. The first-order valence-electron chi connectivity index (χ1n) is 7.07. The fraction of sp³-hybridized carbons (Fsp3) is 0.375. The van der Waals surface area contributed by atoms with Gasteiger partial charge in [0.2, 0.25) is 0 Å². The summed E-state index contributed by atoms with van der Waals surface area (Å²) in [7, 11) is 1.97. The second kappa shape index (κ2) is 6.54. The van der Waals surface area contributed by atoms with Gasteiger partial charge < -0.3 is 9.88 Å². The van der Waals surface area contributed by atoms with E-state index in [1.807, 2.05) is 13.2 Å². The van der Waals surface area contributed by atoms with Gasteiger partial charge in [0.05, 0.1) is 4.92 Å². The summed E-state index contributed by atoms with van der Waals surface area (Å²) in [6.45, 7) is 5.09. The Morgan fingerprint density at radius 3 is 2.43 bits per heavy atom. The van der Waals surface area contributed by atoms with Gasteiger partial charge in [0.25, 0.3) is 5.69 Å². The number of hydrogen-bond donors (Lipinski definition) is 1. The normalized spacial score (nSPS) is 12.6. The number of nitro groups is 1. The van der Waals surface area contributed by atoms with E-state index in [4.69, 9.17) is 0 Å². The minimum atomic E-state index is -0.377. The van der Waals surface area contributed by atoms with Crippen molar-refractivity contribution >= 4 is 5.69 Å². The van der Waals surface area contributed by atoms with Gasteiger partial charge in [-0.1, -0.05) is 26.0 Å². The number of nitrogens with zero attached hydrogens (tertiary/aromatic N) is 2. The molecule has 21 heavy (non-hydrogen) atoms. The summed E-state index contributed by atoms with van der Waals surface area (Å²) in [6, 6.07) is 9.15. The van der Waals surface area contributed by atoms with Crippen molar-refractivity contribution in [2.75, 3.05) is 7.05 Å². The molecule has 0 aliphatic heterocycles. The highest BCUT2D eigenvalue weighted by molar-refractivity contribution is 5.33. The number of benzene rings is 1. The van der Waals surface area contributed by atoms with E-state index in [1.54, 1.807) is 24.3 Å². The molecule has 0 spiro atoms. The van der Waals surface area contributed by atoms with Crippen molar-refractivity contribution in [3.8, 4) is 0 Å². The number of hydrogen-bond acceptors (Lipinski definition) is 3. The van der Waals surface area contributed by atoms with Crippen LogP contribution in [0.4, 0.5) is 5.69 Å². The minimum Gasteiger partial charge on any atom is -0.350 e. The summed E-state index contributed by atoms with van der Waals surface area (Å²) in [5.74, 6) is 0.519. The predicted octanol–water partition coefficient (Wildman–Crippen LogP) is 3.36. The van der Waals surface area contributed by atoms with Crippen LogP contribution in [-0.2, 0) is 6.54 Å². The second-order valence-electron chi connectivity index (χ2n) is 5.55. The summed E-state index contributed by atoms with van der Waals surface area (Å²) < 4.78 is 2.10. The van der Waals surface area contributed by atoms with E-state index in [-0.39, 0.29) is 10.6 Å². The zero-order valence-corrected chi connectivity index (χ0v) is 12.6. The van der Waals surface area contributed by atoms with E-state index in [0.29, 0.717) is 18.5 Å². The van der Waals surface area contributed by atoms with Crippen molar-refractivity contribution in [3.63, 3.8) is 0 Å². The molecule has 0 aliphatic carbocycles. The van der Waals surface area contributed by atoms with Crippen LogP contribution < -0.4 is 5.32 Å². The highest BCUT2D eigenvalue weighted by Crippen LogP contribution is 2.22. The van der Waals surface area contributed by atoms with Gasteiger partial charge in [-0.15, -0.1) is 0 Å². The Hall–Kier alpha value is -2.14. The van der Waals surface area contributed by atoms with Gasteiger partial charge in [0.15, 0.2) is 0 Å². The van der Waals surface area contributed by atoms with E-state index in [9.17, 15) is 10.1 Å².